The van der Waals surface area contributed by atoms with Gasteiger partial charge < -0.3 is 0 Å². The van der Waals surface area contributed by atoms with E-state index >= 15 is 0 Å². The number of nitrogens with zero attached hydrogens (tertiary/aromatic N) is 3. The highest BCUT2D eigenvalue weighted by Gasteiger charge is 2.32. The molecule has 4 heteroatoms. The van der Waals surface area contributed by atoms with Crippen LogP contribution in [-0.4, -0.2) is 11.1 Å². The van der Waals surface area contributed by atoms with Crippen molar-refractivity contribution in [3.05, 3.63) is 59.3 Å². The van der Waals surface area contributed by atoms with Crippen LogP contribution in [0.5, 0.6) is 0 Å². The monoisotopic (exact) mass is 231 g/mol. The Balaban J connectivity index is 1.92. The van der Waals surface area contributed by atoms with Gasteiger partial charge in [0.15, 0.2) is 0 Å². The zero-order valence-electron chi connectivity index (χ0n) is 8.49. The number of rotatable bonds is 1. The Morgan fingerprint density at radius 1 is 1.19 bits per heavy atom. The van der Waals surface area contributed by atoms with Gasteiger partial charge in [-0.3, -0.25) is 0 Å². The summed E-state index contributed by atoms with van der Waals surface area (Å²) >= 11 is 5.91. The maximum Gasteiger partial charge on any atom is 0.124 e. The highest BCUT2D eigenvalue weighted by molar-refractivity contribution is 6.31. The molecule has 0 aromatic heterocycles. The third-order valence-corrected chi connectivity index (χ3v) is 2.98. The summed E-state index contributed by atoms with van der Waals surface area (Å²) in [5.74, 6) is 0. The normalized spacial score (nSPS) is 26.8. The van der Waals surface area contributed by atoms with E-state index in [4.69, 9.17) is 11.6 Å². The molecular weight excluding hydrogens is 222 g/mol. The molecule has 0 spiro atoms. The number of hydrogen-bond donors (Lipinski definition) is 0. The van der Waals surface area contributed by atoms with Crippen LogP contribution in [0.15, 0.2) is 64.1 Å². The molecule has 2 heterocycles. The van der Waals surface area contributed by atoms with Gasteiger partial charge in [0, 0.05) is 6.20 Å². The topological polar surface area (TPSA) is 28.0 Å². The molecule has 0 saturated heterocycles. The van der Waals surface area contributed by atoms with Crippen molar-refractivity contribution in [2.45, 2.75) is 12.1 Å². The number of halogens is 1. The first kappa shape index (κ1) is 9.60. The fourth-order valence-electron chi connectivity index (χ4n) is 1.97. The van der Waals surface area contributed by atoms with Crippen molar-refractivity contribution in [3.63, 3.8) is 0 Å². The molecule has 0 saturated carbocycles. The van der Waals surface area contributed by atoms with Crippen molar-refractivity contribution in [3.8, 4) is 0 Å². The molecule has 2 atom stereocenters. The molecular formula is C12H10ClN3. The van der Waals surface area contributed by atoms with Crippen LogP contribution in [0.25, 0.3) is 0 Å². The van der Waals surface area contributed by atoms with Crippen molar-refractivity contribution in [2.75, 3.05) is 0 Å². The van der Waals surface area contributed by atoms with Crippen LogP contribution in [0.3, 0.4) is 0 Å². The molecule has 2 unspecified atom stereocenters. The second-order valence-corrected chi connectivity index (χ2v) is 4.24. The first-order valence-electron chi connectivity index (χ1n) is 5.14. The zero-order chi connectivity index (χ0) is 11.0. The van der Waals surface area contributed by atoms with Gasteiger partial charge in [-0.25, -0.2) is 5.01 Å². The van der Waals surface area contributed by atoms with Crippen molar-refractivity contribution in [1.29, 1.82) is 0 Å². The van der Waals surface area contributed by atoms with Gasteiger partial charge in [-0.05, 0) is 11.6 Å². The van der Waals surface area contributed by atoms with Gasteiger partial charge in [0.1, 0.15) is 12.1 Å². The van der Waals surface area contributed by atoms with Gasteiger partial charge in [-0.1, -0.05) is 53.2 Å². The summed E-state index contributed by atoms with van der Waals surface area (Å²) in [6.07, 6.45) is 5.74. The Labute approximate surface area is 98.7 Å². The van der Waals surface area contributed by atoms with E-state index in [1.54, 1.807) is 11.2 Å². The molecule has 0 fully saturated rings. The molecule has 16 heavy (non-hydrogen) atoms. The Morgan fingerprint density at radius 3 is 2.81 bits per heavy atom. The van der Waals surface area contributed by atoms with Crippen LogP contribution in [-0.2, 0) is 0 Å². The molecule has 1 aromatic rings. The maximum atomic E-state index is 5.91. The number of benzene rings is 1. The average Bonchev–Trinajstić information content (AvgIpc) is 2.73. The summed E-state index contributed by atoms with van der Waals surface area (Å²) in [6, 6.07) is 10.4. The molecule has 0 amide bonds. The fraction of sp³-hybridized carbons (Fsp3) is 0.167. The van der Waals surface area contributed by atoms with Crippen LogP contribution in [0.1, 0.15) is 11.6 Å². The lowest BCUT2D eigenvalue weighted by Gasteiger charge is -2.22. The van der Waals surface area contributed by atoms with Crippen molar-refractivity contribution in [2.24, 2.45) is 10.3 Å². The summed E-state index contributed by atoms with van der Waals surface area (Å²) < 4.78 is 0. The first-order valence-corrected chi connectivity index (χ1v) is 5.52. The number of hydrogen-bond acceptors (Lipinski definition) is 3. The smallest absolute Gasteiger partial charge is 0.124 e. The molecule has 1 aromatic carbocycles. The van der Waals surface area contributed by atoms with Gasteiger partial charge in [-0.2, -0.15) is 5.11 Å². The Hall–Kier alpha value is -1.61. The average molecular weight is 232 g/mol. The highest BCUT2D eigenvalue weighted by Crippen LogP contribution is 2.35. The third-order valence-electron chi connectivity index (χ3n) is 2.76. The second kappa shape index (κ2) is 3.76. The third kappa shape index (κ3) is 1.53. The maximum absolute atomic E-state index is 5.91. The molecule has 3 rings (SSSR count). The quantitative estimate of drug-likeness (QED) is 0.728. The number of allylic oxidation sites excluding steroid dienone is 2. The largest absolute Gasteiger partial charge is 0.244 e. The van der Waals surface area contributed by atoms with Gasteiger partial charge in [0.2, 0.25) is 0 Å². The lowest BCUT2D eigenvalue weighted by Crippen LogP contribution is -2.26. The van der Waals surface area contributed by atoms with Crippen LogP contribution in [0.2, 0.25) is 0 Å². The van der Waals surface area contributed by atoms with E-state index < -0.39 is 0 Å². The van der Waals surface area contributed by atoms with E-state index in [-0.39, 0.29) is 12.1 Å². The summed E-state index contributed by atoms with van der Waals surface area (Å²) in [4.78, 5) is 0. The minimum atomic E-state index is 0.0680. The van der Waals surface area contributed by atoms with Crippen molar-refractivity contribution in [1.82, 2.24) is 5.01 Å². The van der Waals surface area contributed by atoms with Crippen molar-refractivity contribution < 1.29 is 0 Å². The molecule has 0 bridgehead atoms. The molecule has 2 aliphatic heterocycles. The fourth-order valence-corrected chi connectivity index (χ4v) is 2.14. The van der Waals surface area contributed by atoms with Gasteiger partial charge in [0.25, 0.3) is 0 Å². The Kier molecular flexibility index (Phi) is 2.26. The summed E-state index contributed by atoms with van der Waals surface area (Å²) in [7, 11) is 0. The van der Waals surface area contributed by atoms with E-state index in [1.165, 1.54) is 5.56 Å². The zero-order valence-corrected chi connectivity index (χ0v) is 9.25. The minimum Gasteiger partial charge on any atom is -0.244 e. The van der Waals surface area contributed by atoms with Crippen LogP contribution < -0.4 is 0 Å². The summed E-state index contributed by atoms with van der Waals surface area (Å²) in [6.45, 7) is 0. The summed E-state index contributed by atoms with van der Waals surface area (Å²) in [5.41, 5.74) is 1.18. The lowest BCUT2D eigenvalue weighted by atomic mass is 9.99. The number of fused-ring (bicyclic) bond motifs is 1. The lowest BCUT2D eigenvalue weighted by molar-refractivity contribution is 0.351. The molecule has 0 radical (unpaired) electrons. The van der Waals surface area contributed by atoms with Crippen LogP contribution in [0, 0.1) is 0 Å². The Morgan fingerprint density at radius 2 is 2.00 bits per heavy atom. The van der Waals surface area contributed by atoms with Crippen LogP contribution in [0.4, 0.5) is 0 Å². The predicted octanol–water partition coefficient (Wildman–Crippen LogP) is 3.43. The molecule has 2 aliphatic rings. The molecule has 0 N–H and O–H groups in total. The minimum absolute atomic E-state index is 0.0680. The van der Waals surface area contributed by atoms with Crippen molar-refractivity contribution >= 4 is 11.6 Å². The molecule has 80 valence electrons. The summed E-state index contributed by atoms with van der Waals surface area (Å²) in [5, 5.41) is 10.9. The van der Waals surface area contributed by atoms with E-state index in [2.05, 4.69) is 22.5 Å². The van der Waals surface area contributed by atoms with E-state index in [0.717, 1.165) is 0 Å². The van der Waals surface area contributed by atoms with Crippen LogP contribution >= 0.6 is 11.6 Å². The Bertz CT molecular complexity index is 478. The van der Waals surface area contributed by atoms with E-state index in [1.807, 2.05) is 30.4 Å². The van der Waals surface area contributed by atoms with E-state index in [9.17, 15) is 0 Å². The predicted molar refractivity (Wildman–Crippen MR) is 62.7 cm³/mol. The SMILES string of the molecule is ClC1=CN2N=NC(c3ccccc3)C2C=C1. The van der Waals surface area contributed by atoms with E-state index in [0.29, 0.717) is 5.03 Å². The first-order chi connectivity index (χ1) is 7.84. The molecule has 3 nitrogen and oxygen atoms in total. The van der Waals surface area contributed by atoms with Gasteiger partial charge in [0.05, 0.1) is 5.03 Å². The highest BCUT2D eigenvalue weighted by atomic mass is 35.5. The second-order valence-electron chi connectivity index (χ2n) is 3.80. The molecule has 0 aliphatic carbocycles. The van der Waals surface area contributed by atoms with Gasteiger partial charge >= 0.3 is 0 Å². The van der Waals surface area contributed by atoms with Gasteiger partial charge in [-0.15, -0.1) is 0 Å². The standard InChI is InChI=1S/C12H10ClN3/c13-10-6-7-11-12(14-15-16(11)8-10)9-4-2-1-3-5-9/h1-8,11-12H.